The maximum atomic E-state index is 14.0. The van der Waals surface area contributed by atoms with Crippen molar-refractivity contribution in [3.05, 3.63) is 28.5 Å². The molecule has 0 aliphatic heterocycles. The fourth-order valence-corrected chi connectivity index (χ4v) is 2.52. The Balaban J connectivity index is 2.33. The molecule has 0 heterocycles. The first kappa shape index (κ1) is 14.2. The molecule has 0 bridgehead atoms. The van der Waals surface area contributed by atoms with Gasteiger partial charge < -0.3 is 5.32 Å². The average molecular weight is 307 g/mol. The first-order chi connectivity index (χ1) is 8.79. The van der Waals surface area contributed by atoms with Gasteiger partial charge in [0, 0.05) is 11.6 Å². The van der Waals surface area contributed by atoms with Crippen molar-refractivity contribution in [2.75, 3.05) is 6.54 Å². The van der Waals surface area contributed by atoms with Crippen LogP contribution in [0.25, 0.3) is 0 Å². The summed E-state index contributed by atoms with van der Waals surface area (Å²) in [7, 11) is -4.27. The van der Waals surface area contributed by atoms with E-state index in [4.69, 9.17) is 16.7 Å². The van der Waals surface area contributed by atoms with Gasteiger partial charge in [0.05, 0.1) is 5.56 Å². The summed E-state index contributed by atoms with van der Waals surface area (Å²) in [6, 6.07) is 1.96. The quantitative estimate of drug-likeness (QED) is 0.877. The first-order valence-electron chi connectivity index (χ1n) is 5.59. The minimum Gasteiger partial charge on any atom is -0.352 e. The standard InChI is InChI=1S/C11H12ClFN2O3S/c12-7-3-8(11(16)15-5-6-1-2-6)10(13)9(4-7)19(14,17)18/h3-4,6H,1-2,5H2,(H,15,16)(H2,14,17,18). The van der Waals surface area contributed by atoms with E-state index in [2.05, 4.69) is 5.32 Å². The van der Waals surface area contributed by atoms with Gasteiger partial charge in [0.1, 0.15) is 4.90 Å². The Morgan fingerprint density at radius 2 is 2.11 bits per heavy atom. The van der Waals surface area contributed by atoms with Crippen LogP contribution in [0.5, 0.6) is 0 Å². The van der Waals surface area contributed by atoms with Crippen LogP contribution in [0.4, 0.5) is 4.39 Å². The number of primary sulfonamides is 1. The molecular weight excluding hydrogens is 295 g/mol. The Morgan fingerprint density at radius 3 is 2.63 bits per heavy atom. The van der Waals surface area contributed by atoms with Crippen LogP contribution in [0.3, 0.4) is 0 Å². The van der Waals surface area contributed by atoms with Crippen molar-refractivity contribution in [3.8, 4) is 0 Å². The van der Waals surface area contributed by atoms with Crippen LogP contribution < -0.4 is 10.5 Å². The third-order valence-electron chi connectivity index (χ3n) is 2.80. The first-order valence-corrected chi connectivity index (χ1v) is 7.51. The maximum Gasteiger partial charge on any atom is 0.254 e. The summed E-state index contributed by atoms with van der Waals surface area (Å²) < 4.78 is 36.4. The summed E-state index contributed by atoms with van der Waals surface area (Å²) in [5.41, 5.74) is -0.419. The van der Waals surface area contributed by atoms with E-state index in [0.29, 0.717) is 12.5 Å². The third kappa shape index (κ3) is 3.43. The Kier molecular flexibility index (Phi) is 3.80. The van der Waals surface area contributed by atoms with Crippen LogP contribution in [-0.4, -0.2) is 20.9 Å². The second-order valence-corrected chi connectivity index (χ2v) is 6.43. The van der Waals surface area contributed by atoms with Crippen molar-refractivity contribution in [1.29, 1.82) is 0 Å². The van der Waals surface area contributed by atoms with Crippen LogP contribution in [-0.2, 0) is 10.0 Å². The van der Waals surface area contributed by atoms with Crippen LogP contribution in [0.15, 0.2) is 17.0 Å². The molecular formula is C11H12ClFN2O3S. The van der Waals surface area contributed by atoms with E-state index in [1.807, 2.05) is 0 Å². The number of carbonyl (C=O) groups excluding carboxylic acids is 1. The highest BCUT2D eigenvalue weighted by Crippen LogP contribution is 2.28. The molecule has 0 spiro atoms. The van der Waals surface area contributed by atoms with Gasteiger partial charge in [0.15, 0.2) is 5.82 Å². The summed E-state index contributed by atoms with van der Waals surface area (Å²) in [5, 5.41) is 7.34. The van der Waals surface area contributed by atoms with E-state index < -0.39 is 32.2 Å². The van der Waals surface area contributed by atoms with E-state index in [-0.39, 0.29) is 5.02 Å². The largest absolute Gasteiger partial charge is 0.352 e. The number of nitrogens with two attached hydrogens (primary N) is 1. The van der Waals surface area contributed by atoms with Gasteiger partial charge in [-0.1, -0.05) is 11.6 Å². The average Bonchev–Trinajstić information content (AvgIpc) is 3.11. The number of halogens is 2. The Bertz CT molecular complexity index is 629. The van der Waals surface area contributed by atoms with Crippen LogP contribution >= 0.6 is 11.6 Å². The number of amides is 1. The van der Waals surface area contributed by atoms with E-state index in [9.17, 15) is 17.6 Å². The summed E-state index contributed by atoms with van der Waals surface area (Å²) in [6.45, 7) is 0.440. The predicted octanol–water partition coefficient (Wildman–Crippen LogP) is 1.27. The van der Waals surface area contributed by atoms with Gasteiger partial charge in [0.2, 0.25) is 10.0 Å². The zero-order valence-electron chi connectivity index (χ0n) is 9.82. The number of carbonyl (C=O) groups is 1. The number of nitrogens with one attached hydrogen (secondary N) is 1. The van der Waals surface area contributed by atoms with Gasteiger partial charge in [-0.05, 0) is 30.9 Å². The lowest BCUT2D eigenvalue weighted by atomic mass is 10.2. The minimum atomic E-state index is -4.27. The van der Waals surface area contributed by atoms with Gasteiger partial charge in [-0.15, -0.1) is 0 Å². The van der Waals surface area contributed by atoms with Gasteiger partial charge in [-0.2, -0.15) is 0 Å². The number of sulfonamides is 1. The van der Waals surface area contributed by atoms with Crippen molar-refractivity contribution in [3.63, 3.8) is 0 Å². The Labute approximate surface area is 115 Å². The lowest BCUT2D eigenvalue weighted by Gasteiger charge is -2.08. The van der Waals surface area contributed by atoms with Gasteiger partial charge in [-0.25, -0.2) is 17.9 Å². The molecule has 2 rings (SSSR count). The molecule has 0 unspecified atom stereocenters. The molecule has 0 radical (unpaired) electrons. The number of benzene rings is 1. The highest BCUT2D eigenvalue weighted by Gasteiger charge is 2.25. The molecule has 1 aliphatic carbocycles. The Morgan fingerprint density at radius 1 is 1.47 bits per heavy atom. The van der Waals surface area contributed by atoms with E-state index >= 15 is 0 Å². The molecule has 1 amide bonds. The van der Waals surface area contributed by atoms with Gasteiger partial charge >= 0.3 is 0 Å². The van der Waals surface area contributed by atoms with Crippen LogP contribution in [0.2, 0.25) is 5.02 Å². The van der Waals surface area contributed by atoms with Crippen molar-refractivity contribution in [2.45, 2.75) is 17.7 Å². The normalized spacial score (nSPS) is 15.3. The number of hydrogen-bond acceptors (Lipinski definition) is 3. The fraction of sp³-hybridized carbons (Fsp3) is 0.364. The zero-order chi connectivity index (χ0) is 14.2. The van der Waals surface area contributed by atoms with Crippen molar-refractivity contribution >= 4 is 27.5 Å². The zero-order valence-corrected chi connectivity index (χ0v) is 11.4. The van der Waals surface area contributed by atoms with Crippen LogP contribution in [0.1, 0.15) is 23.2 Å². The predicted molar refractivity (Wildman–Crippen MR) is 67.8 cm³/mol. The molecule has 1 saturated carbocycles. The number of hydrogen-bond donors (Lipinski definition) is 2. The topological polar surface area (TPSA) is 89.3 Å². The number of rotatable bonds is 4. The molecule has 0 saturated heterocycles. The molecule has 0 aromatic heterocycles. The van der Waals surface area contributed by atoms with E-state index in [0.717, 1.165) is 25.0 Å². The minimum absolute atomic E-state index is 0.0676. The molecule has 1 fully saturated rings. The SMILES string of the molecule is NS(=O)(=O)c1cc(Cl)cc(C(=O)NCC2CC2)c1F. The Hall–Kier alpha value is -1.18. The van der Waals surface area contributed by atoms with Crippen LogP contribution in [0, 0.1) is 11.7 Å². The van der Waals surface area contributed by atoms with Crippen molar-refractivity contribution in [2.24, 2.45) is 11.1 Å². The maximum absolute atomic E-state index is 14.0. The summed E-state index contributed by atoms with van der Waals surface area (Å²) >= 11 is 5.68. The monoisotopic (exact) mass is 306 g/mol. The molecule has 1 aliphatic rings. The molecule has 0 atom stereocenters. The lowest BCUT2D eigenvalue weighted by molar-refractivity contribution is 0.0947. The molecule has 1 aromatic carbocycles. The molecule has 104 valence electrons. The van der Waals surface area contributed by atoms with E-state index in [1.54, 1.807) is 0 Å². The molecule has 1 aromatic rings. The third-order valence-corrected chi connectivity index (χ3v) is 3.93. The van der Waals surface area contributed by atoms with Gasteiger partial charge in [0.25, 0.3) is 5.91 Å². The highest BCUT2D eigenvalue weighted by atomic mass is 35.5. The van der Waals surface area contributed by atoms with Crippen molar-refractivity contribution < 1.29 is 17.6 Å². The molecule has 8 heteroatoms. The van der Waals surface area contributed by atoms with Gasteiger partial charge in [-0.3, -0.25) is 4.79 Å². The summed E-state index contributed by atoms with van der Waals surface area (Å²) in [4.78, 5) is 11.0. The lowest BCUT2D eigenvalue weighted by Crippen LogP contribution is -2.27. The fourth-order valence-electron chi connectivity index (χ4n) is 1.59. The molecule has 3 N–H and O–H groups in total. The molecule has 5 nitrogen and oxygen atoms in total. The molecule has 19 heavy (non-hydrogen) atoms. The second-order valence-electron chi connectivity index (χ2n) is 4.46. The summed E-state index contributed by atoms with van der Waals surface area (Å²) in [5.74, 6) is -1.46. The van der Waals surface area contributed by atoms with E-state index in [1.165, 1.54) is 0 Å². The second kappa shape index (κ2) is 5.07. The summed E-state index contributed by atoms with van der Waals surface area (Å²) in [6.07, 6.45) is 2.06. The van der Waals surface area contributed by atoms with Crippen molar-refractivity contribution in [1.82, 2.24) is 5.32 Å². The highest BCUT2D eigenvalue weighted by molar-refractivity contribution is 7.89. The smallest absolute Gasteiger partial charge is 0.254 e.